The number of hydrogen-bond donors (Lipinski definition) is 1. The number of thioether (sulfide) groups is 1. The van der Waals surface area contributed by atoms with Gasteiger partial charge in [-0.15, -0.1) is 11.8 Å². The van der Waals surface area contributed by atoms with Crippen LogP contribution in [0, 0.1) is 0 Å². The lowest BCUT2D eigenvalue weighted by Gasteiger charge is -2.06. The van der Waals surface area contributed by atoms with E-state index in [2.05, 4.69) is 47.9 Å². The molecule has 4 heteroatoms. The third kappa shape index (κ3) is 3.07. The fourth-order valence-electron chi connectivity index (χ4n) is 1.88. The highest BCUT2D eigenvalue weighted by Crippen LogP contribution is 2.17. The lowest BCUT2D eigenvalue weighted by Crippen LogP contribution is -2.00. The molecule has 0 atom stereocenters. The van der Waals surface area contributed by atoms with Crippen LogP contribution in [0.15, 0.2) is 35.4 Å². The van der Waals surface area contributed by atoms with Gasteiger partial charge in [0.1, 0.15) is 0 Å². The van der Waals surface area contributed by atoms with Gasteiger partial charge in [-0.1, -0.05) is 19.1 Å². The van der Waals surface area contributed by atoms with E-state index in [-0.39, 0.29) is 0 Å². The summed E-state index contributed by atoms with van der Waals surface area (Å²) in [6.45, 7) is 2.97. The molecule has 1 aromatic heterocycles. The molecule has 0 amide bonds. The van der Waals surface area contributed by atoms with Crippen LogP contribution in [-0.4, -0.2) is 16.0 Å². The third-order valence-electron chi connectivity index (χ3n) is 2.88. The van der Waals surface area contributed by atoms with Crippen LogP contribution < -0.4 is 5.32 Å². The van der Waals surface area contributed by atoms with E-state index in [0.29, 0.717) is 0 Å². The van der Waals surface area contributed by atoms with Gasteiger partial charge in [-0.25, -0.2) is 0 Å². The van der Waals surface area contributed by atoms with Crippen molar-refractivity contribution in [3.63, 3.8) is 0 Å². The van der Waals surface area contributed by atoms with Crippen LogP contribution in [0.25, 0.3) is 0 Å². The first-order valence-corrected chi connectivity index (χ1v) is 7.34. The third-order valence-corrected chi connectivity index (χ3v) is 3.63. The molecule has 2 aromatic rings. The van der Waals surface area contributed by atoms with Crippen LogP contribution in [-0.2, 0) is 20.0 Å². The summed E-state index contributed by atoms with van der Waals surface area (Å²) in [5, 5.41) is 7.87. The minimum Gasteiger partial charge on any atom is -0.378 e. The van der Waals surface area contributed by atoms with Gasteiger partial charge in [0.25, 0.3) is 0 Å². The molecule has 1 N–H and O–H groups in total. The highest BCUT2D eigenvalue weighted by Gasteiger charge is 2.04. The zero-order valence-electron chi connectivity index (χ0n) is 11.1. The Bertz CT molecular complexity index is 502. The monoisotopic (exact) mass is 261 g/mol. The Kier molecular flexibility index (Phi) is 4.31. The van der Waals surface area contributed by atoms with E-state index < -0.39 is 0 Å². The SMILES string of the molecule is CCc1nn(C)cc1NCc1ccc(SC)cc1. The fourth-order valence-corrected chi connectivity index (χ4v) is 2.29. The molecular weight excluding hydrogens is 242 g/mol. The molecule has 0 spiro atoms. The van der Waals surface area contributed by atoms with Gasteiger partial charge in [0, 0.05) is 24.7 Å². The number of aromatic nitrogens is 2. The Hall–Kier alpha value is -1.42. The molecule has 1 aromatic carbocycles. The summed E-state index contributed by atoms with van der Waals surface area (Å²) in [7, 11) is 1.96. The van der Waals surface area contributed by atoms with Crippen LogP contribution in [0.2, 0.25) is 0 Å². The van der Waals surface area contributed by atoms with Crippen LogP contribution in [0.1, 0.15) is 18.2 Å². The first kappa shape index (κ1) is 13.0. The molecule has 2 rings (SSSR count). The van der Waals surface area contributed by atoms with Gasteiger partial charge in [0.15, 0.2) is 0 Å². The predicted molar refractivity (Wildman–Crippen MR) is 78.1 cm³/mol. The first-order valence-electron chi connectivity index (χ1n) is 6.12. The Labute approximate surface area is 113 Å². The zero-order chi connectivity index (χ0) is 13.0. The van der Waals surface area contributed by atoms with Crippen molar-refractivity contribution in [3.05, 3.63) is 41.7 Å². The van der Waals surface area contributed by atoms with E-state index in [1.54, 1.807) is 11.8 Å². The van der Waals surface area contributed by atoms with Crippen molar-refractivity contribution in [2.24, 2.45) is 7.05 Å². The van der Waals surface area contributed by atoms with Gasteiger partial charge < -0.3 is 5.32 Å². The van der Waals surface area contributed by atoms with E-state index in [9.17, 15) is 0 Å². The van der Waals surface area contributed by atoms with Crippen LogP contribution in [0.4, 0.5) is 5.69 Å². The van der Waals surface area contributed by atoms with Crippen LogP contribution in [0.5, 0.6) is 0 Å². The number of nitrogens with one attached hydrogen (secondary N) is 1. The summed E-state index contributed by atoms with van der Waals surface area (Å²) < 4.78 is 1.86. The van der Waals surface area contributed by atoms with Gasteiger partial charge in [0.2, 0.25) is 0 Å². The zero-order valence-corrected chi connectivity index (χ0v) is 11.9. The number of anilines is 1. The Balaban J connectivity index is 2.01. The number of nitrogens with zero attached hydrogens (tertiary/aromatic N) is 2. The van der Waals surface area contributed by atoms with Gasteiger partial charge in [-0.05, 0) is 30.4 Å². The van der Waals surface area contributed by atoms with Gasteiger partial charge >= 0.3 is 0 Å². The van der Waals surface area contributed by atoms with Crippen molar-refractivity contribution >= 4 is 17.4 Å². The first-order chi connectivity index (χ1) is 8.72. The quantitative estimate of drug-likeness (QED) is 0.837. The van der Waals surface area contributed by atoms with Gasteiger partial charge in [0.05, 0.1) is 11.4 Å². The molecule has 96 valence electrons. The standard InChI is InChI=1S/C14H19N3S/c1-4-13-14(10-17(2)16-13)15-9-11-5-7-12(18-3)8-6-11/h5-8,10,15H,4,9H2,1-3H3. The van der Waals surface area contributed by atoms with E-state index in [0.717, 1.165) is 24.3 Å². The second-order valence-electron chi connectivity index (χ2n) is 4.22. The van der Waals surface area contributed by atoms with E-state index in [1.165, 1.54) is 10.5 Å². The maximum atomic E-state index is 4.42. The lowest BCUT2D eigenvalue weighted by molar-refractivity contribution is 0.746. The summed E-state index contributed by atoms with van der Waals surface area (Å²) in [5.74, 6) is 0. The topological polar surface area (TPSA) is 29.9 Å². The van der Waals surface area contributed by atoms with Crippen molar-refractivity contribution < 1.29 is 0 Å². The summed E-state index contributed by atoms with van der Waals surface area (Å²) in [4.78, 5) is 1.30. The molecule has 1 heterocycles. The maximum Gasteiger partial charge on any atom is 0.0853 e. The molecule has 0 saturated heterocycles. The Morgan fingerprint density at radius 1 is 1.28 bits per heavy atom. The Morgan fingerprint density at radius 2 is 2.00 bits per heavy atom. The number of aryl methyl sites for hydroxylation is 2. The molecule has 0 bridgehead atoms. The van der Waals surface area contributed by atoms with Crippen molar-refractivity contribution in [2.75, 3.05) is 11.6 Å². The molecular formula is C14H19N3S. The molecule has 0 unspecified atom stereocenters. The second kappa shape index (κ2) is 5.96. The average molecular weight is 261 g/mol. The van der Waals surface area contributed by atoms with Crippen molar-refractivity contribution in [1.29, 1.82) is 0 Å². The average Bonchev–Trinajstić information content (AvgIpc) is 2.77. The Morgan fingerprint density at radius 3 is 2.61 bits per heavy atom. The summed E-state index contributed by atoms with van der Waals surface area (Å²) in [6, 6.07) is 8.65. The molecule has 0 radical (unpaired) electrons. The normalized spacial score (nSPS) is 10.6. The van der Waals surface area contributed by atoms with Gasteiger partial charge in [-0.3, -0.25) is 4.68 Å². The minimum atomic E-state index is 0.841. The van der Waals surface area contributed by atoms with Crippen LogP contribution in [0.3, 0.4) is 0 Å². The fraction of sp³-hybridized carbons (Fsp3) is 0.357. The maximum absolute atomic E-state index is 4.42. The lowest BCUT2D eigenvalue weighted by atomic mass is 10.2. The molecule has 0 saturated carbocycles. The molecule has 0 fully saturated rings. The smallest absolute Gasteiger partial charge is 0.0853 e. The van der Waals surface area contributed by atoms with Gasteiger partial charge in [-0.2, -0.15) is 5.10 Å². The number of rotatable bonds is 5. The second-order valence-corrected chi connectivity index (χ2v) is 5.10. The number of benzene rings is 1. The van der Waals surface area contributed by atoms with Crippen molar-refractivity contribution in [2.45, 2.75) is 24.8 Å². The van der Waals surface area contributed by atoms with E-state index in [4.69, 9.17) is 0 Å². The molecule has 18 heavy (non-hydrogen) atoms. The van der Waals surface area contributed by atoms with Crippen molar-refractivity contribution in [3.8, 4) is 0 Å². The van der Waals surface area contributed by atoms with Crippen LogP contribution >= 0.6 is 11.8 Å². The van der Waals surface area contributed by atoms with Crippen molar-refractivity contribution in [1.82, 2.24) is 9.78 Å². The summed E-state index contributed by atoms with van der Waals surface area (Å²) >= 11 is 1.77. The predicted octanol–water partition coefficient (Wildman–Crippen LogP) is 3.32. The summed E-state index contributed by atoms with van der Waals surface area (Å²) in [5.41, 5.74) is 3.55. The molecule has 0 aliphatic carbocycles. The largest absolute Gasteiger partial charge is 0.378 e. The highest BCUT2D eigenvalue weighted by atomic mass is 32.2. The number of hydrogen-bond acceptors (Lipinski definition) is 3. The minimum absolute atomic E-state index is 0.841. The van der Waals surface area contributed by atoms with E-state index in [1.807, 2.05) is 17.9 Å². The highest BCUT2D eigenvalue weighted by molar-refractivity contribution is 7.98. The van der Waals surface area contributed by atoms with E-state index >= 15 is 0 Å². The molecule has 0 aliphatic rings. The summed E-state index contributed by atoms with van der Waals surface area (Å²) in [6.07, 6.45) is 5.08. The molecule has 3 nitrogen and oxygen atoms in total. The molecule has 0 aliphatic heterocycles.